The van der Waals surface area contributed by atoms with E-state index in [0.717, 1.165) is 22.8 Å². The monoisotopic (exact) mass is 470 g/mol. The molecule has 1 atom stereocenters. The van der Waals surface area contributed by atoms with Crippen LogP contribution < -0.4 is 4.74 Å². The van der Waals surface area contributed by atoms with Gasteiger partial charge < -0.3 is 14.4 Å². The minimum atomic E-state index is -0.298. The van der Waals surface area contributed by atoms with Crippen LogP contribution in [0.25, 0.3) is 10.8 Å². The molecule has 3 aromatic carbocycles. The number of aromatic nitrogens is 1. The molecule has 178 valence electrons. The first-order valence-corrected chi connectivity index (χ1v) is 11.8. The molecule has 5 rings (SSSR count). The topological polar surface area (TPSA) is 51.7 Å². The van der Waals surface area contributed by atoms with E-state index in [1.165, 1.54) is 17.7 Å². The molecule has 0 radical (unpaired) electrons. The van der Waals surface area contributed by atoms with Crippen molar-refractivity contribution in [2.75, 3.05) is 26.3 Å². The number of pyridine rings is 1. The fourth-order valence-electron chi connectivity index (χ4n) is 4.48. The third kappa shape index (κ3) is 5.84. The largest absolute Gasteiger partial charge is 0.489 e. The molecule has 0 aliphatic carbocycles. The van der Waals surface area contributed by atoms with Crippen LogP contribution in [-0.4, -0.2) is 42.1 Å². The van der Waals surface area contributed by atoms with Gasteiger partial charge in [-0.2, -0.15) is 0 Å². The SMILES string of the molecule is O=C(c1cccc(OCc2cccc(F)c2)c1)N1CCOCC(Cc2ccc3ccncc3c2)C1. The summed E-state index contributed by atoms with van der Waals surface area (Å²) in [6.07, 6.45) is 4.50. The number of halogens is 1. The molecular weight excluding hydrogens is 443 g/mol. The van der Waals surface area contributed by atoms with Gasteiger partial charge >= 0.3 is 0 Å². The normalized spacial score (nSPS) is 16.1. The van der Waals surface area contributed by atoms with Gasteiger partial charge in [0.15, 0.2) is 0 Å². The van der Waals surface area contributed by atoms with Crippen molar-refractivity contribution in [1.82, 2.24) is 9.88 Å². The third-order valence-electron chi connectivity index (χ3n) is 6.23. The zero-order valence-corrected chi connectivity index (χ0v) is 19.4. The summed E-state index contributed by atoms with van der Waals surface area (Å²) in [6.45, 7) is 2.53. The first-order chi connectivity index (χ1) is 17.1. The minimum Gasteiger partial charge on any atom is -0.489 e. The molecule has 1 aromatic heterocycles. The fourth-order valence-corrected chi connectivity index (χ4v) is 4.48. The molecule has 35 heavy (non-hydrogen) atoms. The van der Waals surface area contributed by atoms with Crippen LogP contribution in [0.1, 0.15) is 21.5 Å². The summed E-state index contributed by atoms with van der Waals surface area (Å²) >= 11 is 0. The molecule has 0 bridgehead atoms. The van der Waals surface area contributed by atoms with Gasteiger partial charge in [0.2, 0.25) is 0 Å². The van der Waals surface area contributed by atoms with E-state index in [0.29, 0.717) is 37.6 Å². The lowest BCUT2D eigenvalue weighted by Gasteiger charge is -2.24. The van der Waals surface area contributed by atoms with E-state index in [1.807, 2.05) is 29.3 Å². The summed E-state index contributed by atoms with van der Waals surface area (Å²) in [6, 6.07) is 21.9. The zero-order chi connectivity index (χ0) is 24.0. The Morgan fingerprint density at radius 3 is 2.86 bits per heavy atom. The van der Waals surface area contributed by atoms with Gasteiger partial charge in [-0.15, -0.1) is 0 Å². The number of ether oxygens (including phenoxy) is 2. The van der Waals surface area contributed by atoms with Crippen molar-refractivity contribution >= 4 is 16.7 Å². The maximum absolute atomic E-state index is 13.4. The van der Waals surface area contributed by atoms with Gasteiger partial charge in [-0.1, -0.05) is 30.3 Å². The smallest absolute Gasteiger partial charge is 0.254 e. The Morgan fingerprint density at radius 1 is 1.03 bits per heavy atom. The Balaban J connectivity index is 1.25. The van der Waals surface area contributed by atoms with Crippen molar-refractivity contribution in [1.29, 1.82) is 0 Å². The molecule has 2 heterocycles. The Morgan fingerprint density at radius 2 is 1.94 bits per heavy atom. The van der Waals surface area contributed by atoms with Crippen molar-refractivity contribution in [3.8, 4) is 5.75 Å². The molecule has 5 nitrogen and oxygen atoms in total. The number of carbonyl (C=O) groups excluding carboxylic acids is 1. The average molecular weight is 471 g/mol. The van der Waals surface area contributed by atoms with E-state index in [2.05, 4.69) is 23.2 Å². The molecule has 0 spiro atoms. The van der Waals surface area contributed by atoms with E-state index < -0.39 is 0 Å². The molecule has 4 aromatic rings. The highest BCUT2D eigenvalue weighted by molar-refractivity contribution is 5.94. The number of carbonyl (C=O) groups is 1. The van der Waals surface area contributed by atoms with Crippen molar-refractivity contribution in [3.63, 3.8) is 0 Å². The van der Waals surface area contributed by atoms with E-state index in [9.17, 15) is 9.18 Å². The number of benzene rings is 3. The summed E-state index contributed by atoms with van der Waals surface area (Å²) < 4.78 is 25.1. The van der Waals surface area contributed by atoms with Crippen LogP contribution in [-0.2, 0) is 17.8 Å². The van der Waals surface area contributed by atoms with Crippen LogP contribution in [0, 0.1) is 11.7 Å². The number of amides is 1. The van der Waals surface area contributed by atoms with Crippen molar-refractivity contribution in [2.45, 2.75) is 13.0 Å². The molecule has 1 saturated heterocycles. The van der Waals surface area contributed by atoms with Gasteiger partial charge in [0.25, 0.3) is 5.91 Å². The average Bonchev–Trinajstić information content (AvgIpc) is 3.13. The molecule has 6 heteroatoms. The van der Waals surface area contributed by atoms with Gasteiger partial charge in [0, 0.05) is 42.4 Å². The van der Waals surface area contributed by atoms with Crippen LogP contribution >= 0.6 is 0 Å². The highest BCUT2D eigenvalue weighted by Crippen LogP contribution is 2.21. The van der Waals surface area contributed by atoms with E-state index in [4.69, 9.17) is 9.47 Å². The Kier molecular flexibility index (Phi) is 7.00. The number of nitrogens with zero attached hydrogens (tertiary/aromatic N) is 2. The molecule has 1 unspecified atom stereocenters. The second-order valence-corrected chi connectivity index (χ2v) is 8.90. The van der Waals surface area contributed by atoms with Crippen LogP contribution in [0.2, 0.25) is 0 Å². The first kappa shape index (κ1) is 23.0. The van der Waals surface area contributed by atoms with E-state index in [1.54, 1.807) is 30.5 Å². The predicted octanol–water partition coefficient (Wildman–Crippen LogP) is 5.28. The molecule has 1 fully saturated rings. The summed E-state index contributed by atoms with van der Waals surface area (Å²) in [5.41, 5.74) is 2.51. The highest BCUT2D eigenvalue weighted by atomic mass is 19.1. The highest BCUT2D eigenvalue weighted by Gasteiger charge is 2.24. The van der Waals surface area contributed by atoms with Crippen LogP contribution in [0.15, 0.2) is 85.2 Å². The van der Waals surface area contributed by atoms with Crippen LogP contribution in [0.3, 0.4) is 0 Å². The maximum atomic E-state index is 13.4. The Hall–Kier alpha value is -3.77. The zero-order valence-electron chi connectivity index (χ0n) is 19.4. The number of hydrogen-bond acceptors (Lipinski definition) is 4. The molecule has 1 amide bonds. The lowest BCUT2D eigenvalue weighted by atomic mass is 9.97. The molecule has 1 aliphatic heterocycles. The third-order valence-corrected chi connectivity index (χ3v) is 6.23. The molecule has 0 saturated carbocycles. The summed E-state index contributed by atoms with van der Waals surface area (Å²) in [5.74, 6) is 0.434. The van der Waals surface area contributed by atoms with Crippen molar-refractivity contribution < 1.29 is 18.7 Å². The van der Waals surface area contributed by atoms with Gasteiger partial charge in [0.1, 0.15) is 18.2 Å². The van der Waals surface area contributed by atoms with Gasteiger partial charge in [-0.3, -0.25) is 9.78 Å². The summed E-state index contributed by atoms with van der Waals surface area (Å²) in [5, 5.41) is 2.28. The predicted molar refractivity (Wildman–Crippen MR) is 133 cm³/mol. The first-order valence-electron chi connectivity index (χ1n) is 11.8. The standard InChI is InChI=1S/C29H27FN2O3/c30-27-5-1-3-22(15-27)20-35-28-6-2-4-25(16-28)29(33)32-11-12-34-19-23(18-32)13-21-7-8-24-9-10-31-17-26(24)14-21/h1-10,14-17,23H,11-13,18-20H2. The molecular formula is C29H27FN2O3. The van der Waals surface area contributed by atoms with E-state index >= 15 is 0 Å². The Bertz CT molecular complexity index is 1330. The maximum Gasteiger partial charge on any atom is 0.254 e. The second kappa shape index (κ2) is 10.7. The number of hydrogen-bond donors (Lipinski definition) is 0. The molecule has 1 aliphatic rings. The van der Waals surface area contributed by atoms with E-state index in [-0.39, 0.29) is 24.2 Å². The lowest BCUT2D eigenvalue weighted by molar-refractivity contribution is 0.0737. The van der Waals surface area contributed by atoms with Gasteiger partial charge in [-0.25, -0.2) is 4.39 Å². The summed E-state index contributed by atoms with van der Waals surface area (Å²) in [4.78, 5) is 19.4. The Labute approximate surface area is 204 Å². The minimum absolute atomic E-state index is 0.0422. The lowest BCUT2D eigenvalue weighted by Crippen LogP contribution is -2.36. The quantitative estimate of drug-likeness (QED) is 0.385. The second-order valence-electron chi connectivity index (χ2n) is 8.90. The van der Waals surface area contributed by atoms with Crippen LogP contribution in [0.4, 0.5) is 4.39 Å². The summed E-state index contributed by atoms with van der Waals surface area (Å²) in [7, 11) is 0. The number of rotatable bonds is 6. The van der Waals surface area contributed by atoms with Gasteiger partial charge in [0.05, 0.1) is 13.2 Å². The fraction of sp³-hybridized carbons (Fsp3) is 0.241. The van der Waals surface area contributed by atoms with Crippen molar-refractivity contribution in [2.24, 2.45) is 5.92 Å². The van der Waals surface area contributed by atoms with Crippen molar-refractivity contribution in [3.05, 3.63) is 108 Å². The van der Waals surface area contributed by atoms with Gasteiger partial charge in [-0.05, 0) is 65.4 Å². The molecule has 0 N–H and O–H groups in total. The number of fused-ring (bicyclic) bond motifs is 1. The van der Waals surface area contributed by atoms with Crippen LogP contribution in [0.5, 0.6) is 5.75 Å².